The molecule has 0 aliphatic heterocycles. The zero-order chi connectivity index (χ0) is 11.7. The van der Waals surface area contributed by atoms with Gasteiger partial charge in [-0.3, -0.25) is 0 Å². The van der Waals surface area contributed by atoms with Crippen LogP contribution in [0, 0.1) is 6.92 Å². The molecule has 0 radical (unpaired) electrons. The van der Waals surface area contributed by atoms with Crippen molar-refractivity contribution < 1.29 is 15.0 Å². The number of imidazole rings is 1. The smallest absolute Gasteiger partial charge is 0.372 e. The van der Waals surface area contributed by atoms with Crippen molar-refractivity contribution >= 4 is 17.0 Å². The molecule has 1 aromatic carbocycles. The fourth-order valence-corrected chi connectivity index (χ4v) is 1.72. The van der Waals surface area contributed by atoms with Gasteiger partial charge in [-0.15, -0.1) is 0 Å². The molecule has 84 valence electrons. The van der Waals surface area contributed by atoms with E-state index in [0.29, 0.717) is 5.52 Å². The molecule has 5 nitrogen and oxygen atoms in total. The van der Waals surface area contributed by atoms with Crippen molar-refractivity contribution in [3.8, 4) is 0 Å². The molecule has 16 heavy (non-hydrogen) atoms. The second kappa shape index (κ2) is 3.94. The molecule has 0 unspecified atom stereocenters. The molecule has 0 bridgehead atoms. The molecule has 0 saturated heterocycles. The van der Waals surface area contributed by atoms with Crippen molar-refractivity contribution in [2.24, 2.45) is 0 Å². The van der Waals surface area contributed by atoms with Gasteiger partial charge in [0.25, 0.3) is 0 Å². The van der Waals surface area contributed by atoms with Crippen LogP contribution in [0.1, 0.15) is 16.2 Å². The number of aromatic nitrogens is 2. The lowest BCUT2D eigenvalue weighted by molar-refractivity contribution is 0.0677. The maximum atomic E-state index is 11.0. The van der Waals surface area contributed by atoms with Crippen LogP contribution in [0.15, 0.2) is 18.2 Å². The highest BCUT2D eigenvalue weighted by atomic mass is 16.4. The predicted octanol–water partition coefficient (Wildman–Crippen LogP) is 1.04. The predicted molar refractivity (Wildman–Crippen MR) is 58.5 cm³/mol. The first-order valence-electron chi connectivity index (χ1n) is 4.94. The SMILES string of the molecule is Cc1ccc2nc(C(=O)O)n(CCO)c2c1. The lowest BCUT2D eigenvalue weighted by Crippen LogP contribution is -2.11. The number of aryl methyl sites for hydroxylation is 1. The Kier molecular flexibility index (Phi) is 2.62. The van der Waals surface area contributed by atoms with Gasteiger partial charge in [-0.2, -0.15) is 0 Å². The van der Waals surface area contributed by atoms with E-state index in [1.54, 1.807) is 6.07 Å². The number of rotatable bonds is 3. The van der Waals surface area contributed by atoms with Crippen LogP contribution in [0.5, 0.6) is 0 Å². The van der Waals surface area contributed by atoms with Crippen molar-refractivity contribution in [1.29, 1.82) is 0 Å². The maximum Gasteiger partial charge on any atom is 0.372 e. The summed E-state index contributed by atoms with van der Waals surface area (Å²) < 4.78 is 1.52. The van der Waals surface area contributed by atoms with E-state index < -0.39 is 5.97 Å². The third kappa shape index (κ3) is 1.65. The molecule has 0 aliphatic rings. The minimum Gasteiger partial charge on any atom is -0.475 e. The van der Waals surface area contributed by atoms with E-state index >= 15 is 0 Å². The van der Waals surface area contributed by atoms with Gasteiger partial charge in [0.2, 0.25) is 5.82 Å². The molecule has 0 fully saturated rings. The Balaban J connectivity index is 2.71. The molecule has 2 aromatic rings. The summed E-state index contributed by atoms with van der Waals surface area (Å²) in [7, 11) is 0. The first-order chi connectivity index (χ1) is 7.63. The van der Waals surface area contributed by atoms with E-state index in [-0.39, 0.29) is 19.0 Å². The van der Waals surface area contributed by atoms with Crippen LogP contribution in [0.4, 0.5) is 0 Å². The Labute approximate surface area is 92.0 Å². The Morgan fingerprint density at radius 3 is 2.88 bits per heavy atom. The Hall–Kier alpha value is -1.88. The summed E-state index contributed by atoms with van der Waals surface area (Å²) in [5, 5.41) is 17.9. The van der Waals surface area contributed by atoms with E-state index in [2.05, 4.69) is 4.98 Å². The van der Waals surface area contributed by atoms with Crippen molar-refractivity contribution in [2.75, 3.05) is 6.61 Å². The van der Waals surface area contributed by atoms with Crippen molar-refractivity contribution in [1.82, 2.24) is 9.55 Å². The van der Waals surface area contributed by atoms with Crippen LogP contribution in [0.25, 0.3) is 11.0 Å². The van der Waals surface area contributed by atoms with Gasteiger partial charge in [0, 0.05) is 6.54 Å². The molecule has 2 rings (SSSR count). The number of aliphatic hydroxyl groups is 1. The Morgan fingerprint density at radius 2 is 2.25 bits per heavy atom. The summed E-state index contributed by atoms with van der Waals surface area (Å²) >= 11 is 0. The second-order valence-electron chi connectivity index (χ2n) is 3.61. The number of carbonyl (C=O) groups is 1. The number of nitrogens with zero attached hydrogens (tertiary/aromatic N) is 2. The van der Waals surface area contributed by atoms with Gasteiger partial charge in [0.05, 0.1) is 17.6 Å². The first-order valence-corrected chi connectivity index (χ1v) is 4.94. The van der Waals surface area contributed by atoms with Crippen LogP contribution in [0.2, 0.25) is 0 Å². The first kappa shape index (κ1) is 10.6. The number of aliphatic hydroxyl groups excluding tert-OH is 1. The Morgan fingerprint density at radius 1 is 1.50 bits per heavy atom. The summed E-state index contributed by atoms with van der Waals surface area (Å²) in [4.78, 5) is 15.0. The minimum absolute atomic E-state index is 0.0327. The summed E-state index contributed by atoms with van der Waals surface area (Å²) in [6.45, 7) is 2.05. The molecule has 0 saturated carbocycles. The molecule has 2 N–H and O–H groups in total. The van der Waals surface area contributed by atoms with Crippen molar-refractivity contribution in [3.05, 3.63) is 29.6 Å². The third-order valence-electron chi connectivity index (χ3n) is 2.42. The molecule has 1 aromatic heterocycles. The van der Waals surface area contributed by atoms with Crippen LogP contribution in [0.3, 0.4) is 0 Å². The van der Waals surface area contributed by atoms with Gasteiger partial charge in [0.15, 0.2) is 0 Å². The van der Waals surface area contributed by atoms with Gasteiger partial charge in [-0.05, 0) is 24.6 Å². The molecule has 0 amide bonds. The highest BCUT2D eigenvalue weighted by Crippen LogP contribution is 2.17. The number of carboxylic acids is 1. The molecule has 5 heteroatoms. The van der Waals surface area contributed by atoms with Crippen LogP contribution >= 0.6 is 0 Å². The zero-order valence-electron chi connectivity index (χ0n) is 8.84. The van der Waals surface area contributed by atoms with E-state index in [1.807, 2.05) is 19.1 Å². The molecular formula is C11H12N2O3. The lowest BCUT2D eigenvalue weighted by Gasteiger charge is -2.04. The van der Waals surface area contributed by atoms with E-state index in [9.17, 15) is 4.79 Å². The second-order valence-corrected chi connectivity index (χ2v) is 3.61. The van der Waals surface area contributed by atoms with Gasteiger partial charge < -0.3 is 14.8 Å². The van der Waals surface area contributed by atoms with E-state index in [4.69, 9.17) is 10.2 Å². The maximum absolute atomic E-state index is 11.0. The minimum atomic E-state index is -1.08. The fourth-order valence-electron chi connectivity index (χ4n) is 1.72. The lowest BCUT2D eigenvalue weighted by atomic mass is 10.2. The normalized spacial score (nSPS) is 10.9. The quantitative estimate of drug-likeness (QED) is 0.810. The molecule has 0 atom stereocenters. The fraction of sp³-hybridized carbons (Fsp3) is 0.273. The summed E-state index contributed by atoms with van der Waals surface area (Å²) in [5.74, 6) is -1.11. The van der Waals surface area contributed by atoms with Crippen LogP contribution in [-0.4, -0.2) is 32.3 Å². The number of fused-ring (bicyclic) bond motifs is 1. The molecular weight excluding hydrogens is 208 g/mol. The average Bonchev–Trinajstić information content (AvgIpc) is 2.58. The van der Waals surface area contributed by atoms with Crippen LogP contribution < -0.4 is 0 Å². The molecule has 0 aliphatic carbocycles. The largest absolute Gasteiger partial charge is 0.475 e. The molecule has 1 heterocycles. The van der Waals surface area contributed by atoms with Crippen molar-refractivity contribution in [2.45, 2.75) is 13.5 Å². The number of benzene rings is 1. The monoisotopic (exact) mass is 220 g/mol. The topological polar surface area (TPSA) is 75.3 Å². The third-order valence-corrected chi connectivity index (χ3v) is 2.42. The molecule has 0 spiro atoms. The van der Waals surface area contributed by atoms with Crippen molar-refractivity contribution in [3.63, 3.8) is 0 Å². The average molecular weight is 220 g/mol. The van der Waals surface area contributed by atoms with Gasteiger partial charge in [0.1, 0.15) is 0 Å². The zero-order valence-corrected chi connectivity index (χ0v) is 8.84. The van der Waals surface area contributed by atoms with Gasteiger partial charge >= 0.3 is 5.97 Å². The number of hydrogen-bond acceptors (Lipinski definition) is 3. The highest BCUT2D eigenvalue weighted by molar-refractivity contribution is 5.90. The highest BCUT2D eigenvalue weighted by Gasteiger charge is 2.15. The summed E-state index contributed by atoms with van der Waals surface area (Å²) in [6.07, 6.45) is 0. The number of aromatic carboxylic acids is 1. The summed E-state index contributed by atoms with van der Waals surface area (Å²) in [6, 6.07) is 5.53. The van der Waals surface area contributed by atoms with E-state index in [0.717, 1.165) is 11.1 Å². The number of hydrogen-bond donors (Lipinski definition) is 2. The number of carboxylic acid groups (broad SMARTS) is 1. The van der Waals surface area contributed by atoms with Gasteiger partial charge in [-0.1, -0.05) is 6.07 Å². The summed E-state index contributed by atoms with van der Waals surface area (Å²) in [5.41, 5.74) is 2.41. The van der Waals surface area contributed by atoms with Crippen LogP contribution in [-0.2, 0) is 6.54 Å². The standard InChI is InChI=1S/C11H12N2O3/c1-7-2-3-8-9(6-7)13(4-5-14)10(12-8)11(15)16/h2-3,6,14H,4-5H2,1H3,(H,15,16). The van der Waals surface area contributed by atoms with Gasteiger partial charge in [-0.25, -0.2) is 9.78 Å². The van der Waals surface area contributed by atoms with E-state index in [1.165, 1.54) is 4.57 Å². The Bertz CT molecular complexity index is 545.